The average Bonchev–Trinajstić information content (AvgIpc) is 3.22. The Balaban J connectivity index is 1.75. The molecule has 1 atom stereocenters. The summed E-state index contributed by atoms with van der Waals surface area (Å²) in [6.07, 6.45) is 0.465. The molecule has 146 valence electrons. The van der Waals surface area contributed by atoms with E-state index in [4.69, 9.17) is 9.47 Å². The van der Waals surface area contributed by atoms with E-state index in [-0.39, 0.29) is 30.1 Å². The van der Waals surface area contributed by atoms with Crippen LogP contribution in [-0.2, 0) is 21.2 Å². The van der Waals surface area contributed by atoms with Crippen LogP contribution in [0.1, 0.15) is 16.9 Å². The van der Waals surface area contributed by atoms with Crippen LogP contribution in [0.25, 0.3) is 0 Å². The van der Waals surface area contributed by atoms with E-state index in [0.29, 0.717) is 24.5 Å². The van der Waals surface area contributed by atoms with Crippen molar-refractivity contribution in [2.24, 2.45) is 0 Å². The standard InChI is InChI=1S/C19H23NO5S2/c1-14-7-9-26-18(14)11-20(15-8-10-27(22,23)13-15)19(21)12-25-17-6-4-3-5-16(17)24-2/h3-7,9,15H,8,10-13H2,1-2H3. The van der Waals surface area contributed by atoms with Crippen LogP contribution in [-0.4, -0.2) is 50.5 Å². The molecule has 0 aliphatic carbocycles. The number of nitrogens with zero attached hydrogens (tertiary/aromatic N) is 1. The van der Waals surface area contributed by atoms with Gasteiger partial charge in [0.05, 0.1) is 25.2 Å². The first-order chi connectivity index (χ1) is 12.9. The molecule has 1 aromatic heterocycles. The lowest BCUT2D eigenvalue weighted by Crippen LogP contribution is -2.43. The van der Waals surface area contributed by atoms with Crippen molar-refractivity contribution < 1.29 is 22.7 Å². The molecule has 0 N–H and O–H groups in total. The van der Waals surface area contributed by atoms with Gasteiger partial charge in [0.25, 0.3) is 5.91 Å². The molecule has 0 saturated carbocycles. The lowest BCUT2D eigenvalue weighted by atomic mass is 10.2. The molecule has 6 nitrogen and oxygen atoms in total. The summed E-state index contributed by atoms with van der Waals surface area (Å²) in [6.45, 7) is 2.23. The fourth-order valence-corrected chi connectivity index (χ4v) is 5.76. The molecular weight excluding hydrogens is 386 g/mol. The largest absolute Gasteiger partial charge is 0.493 e. The van der Waals surface area contributed by atoms with Gasteiger partial charge in [0.2, 0.25) is 0 Å². The minimum Gasteiger partial charge on any atom is -0.493 e. The Morgan fingerprint density at radius 1 is 1.26 bits per heavy atom. The summed E-state index contributed by atoms with van der Waals surface area (Å²) in [5.41, 5.74) is 1.10. The van der Waals surface area contributed by atoms with E-state index in [1.807, 2.05) is 24.4 Å². The van der Waals surface area contributed by atoms with Gasteiger partial charge in [-0.05, 0) is 42.5 Å². The number of ether oxygens (including phenoxy) is 2. The third-order valence-corrected chi connectivity index (χ3v) is 7.43. The second kappa shape index (κ2) is 8.31. The number of rotatable bonds is 7. The number of hydrogen-bond acceptors (Lipinski definition) is 6. The predicted octanol–water partition coefficient (Wildman–Crippen LogP) is 2.66. The van der Waals surface area contributed by atoms with Crippen LogP contribution >= 0.6 is 11.3 Å². The predicted molar refractivity (Wildman–Crippen MR) is 105 cm³/mol. The highest BCUT2D eigenvalue weighted by Crippen LogP contribution is 2.27. The maximum absolute atomic E-state index is 12.9. The van der Waals surface area contributed by atoms with Gasteiger partial charge in [-0.15, -0.1) is 11.3 Å². The van der Waals surface area contributed by atoms with Crippen molar-refractivity contribution in [1.82, 2.24) is 4.90 Å². The minimum absolute atomic E-state index is 0.0117. The monoisotopic (exact) mass is 409 g/mol. The van der Waals surface area contributed by atoms with E-state index in [2.05, 4.69) is 0 Å². The third kappa shape index (κ3) is 4.81. The van der Waals surface area contributed by atoms with Crippen molar-refractivity contribution in [2.75, 3.05) is 25.2 Å². The number of amides is 1. The van der Waals surface area contributed by atoms with Crippen LogP contribution in [0, 0.1) is 6.92 Å². The molecule has 1 aliphatic heterocycles. The quantitative estimate of drug-likeness (QED) is 0.703. The smallest absolute Gasteiger partial charge is 0.261 e. The summed E-state index contributed by atoms with van der Waals surface area (Å²) < 4.78 is 34.7. The van der Waals surface area contributed by atoms with Crippen molar-refractivity contribution in [3.05, 3.63) is 46.2 Å². The fraction of sp³-hybridized carbons (Fsp3) is 0.421. The molecule has 1 fully saturated rings. The van der Waals surface area contributed by atoms with Gasteiger partial charge < -0.3 is 14.4 Å². The maximum atomic E-state index is 12.9. The lowest BCUT2D eigenvalue weighted by molar-refractivity contribution is -0.135. The summed E-state index contributed by atoms with van der Waals surface area (Å²) in [6, 6.07) is 8.81. The molecule has 2 heterocycles. The highest BCUT2D eigenvalue weighted by molar-refractivity contribution is 7.91. The molecule has 1 amide bonds. The Morgan fingerprint density at radius 3 is 2.59 bits per heavy atom. The van der Waals surface area contributed by atoms with Gasteiger partial charge >= 0.3 is 0 Å². The third-order valence-electron chi connectivity index (χ3n) is 4.67. The molecule has 8 heteroatoms. The number of carbonyl (C=O) groups excluding carboxylic acids is 1. The Kier molecular flexibility index (Phi) is 6.06. The molecule has 0 spiro atoms. The number of para-hydroxylation sites is 2. The van der Waals surface area contributed by atoms with Gasteiger partial charge in [-0.3, -0.25) is 4.79 Å². The molecule has 27 heavy (non-hydrogen) atoms. The summed E-state index contributed by atoms with van der Waals surface area (Å²) in [5, 5.41) is 1.98. The van der Waals surface area contributed by atoms with E-state index in [9.17, 15) is 13.2 Å². The number of hydrogen-bond donors (Lipinski definition) is 0. The van der Waals surface area contributed by atoms with E-state index >= 15 is 0 Å². The van der Waals surface area contributed by atoms with Gasteiger partial charge in [-0.2, -0.15) is 0 Å². The van der Waals surface area contributed by atoms with Crippen LogP contribution in [0.3, 0.4) is 0 Å². The summed E-state index contributed by atoms with van der Waals surface area (Å²) >= 11 is 1.57. The molecule has 1 aromatic carbocycles. The van der Waals surface area contributed by atoms with E-state index in [1.54, 1.807) is 41.5 Å². The van der Waals surface area contributed by atoms with Crippen LogP contribution in [0.4, 0.5) is 0 Å². The Bertz CT molecular complexity index is 906. The lowest BCUT2D eigenvalue weighted by Gasteiger charge is -2.28. The Hall–Kier alpha value is -2.06. The van der Waals surface area contributed by atoms with Crippen LogP contribution in [0.5, 0.6) is 11.5 Å². The molecule has 1 unspecified atom stereocenters. The summed E-state index contributed by atoms with van der Waals surface area (Å²) in [4.78, 5) is 15.6. The summed E-state index contributed by atoms with van der Waals surface area (Å²) in [7, 11) is -1.55. The number of sulfone groups is 1. The fourth-order valence-electron chi connectivity index (χ4n) is 3.12. The van der Waals surface area contributed by atoms with Crippen molar-refractivity contribution in [1.29, 1.82) is 0 Å². The molecule has 3 rings (SSSR count). The molecular formula is C19H23NO5S2. The molecule has 0 radical (unpaired) electrons. The second-order valence-corrected chi connectivity index (χ2v) is 9.77. The zero-order valence-electron chi connectivity index (χ0n) is 15.4. The van der Waals surface area contributed by atoms with Crippen LogP contribution < -0.4 is 9.47 Å². The first kappa shape index (κ1) is 19.7. The Labute approximate surface area is 163 Å². The van der Waals surface area contributed by atoms with Crippen LogP contribution in [0.2, 0.25) is 0 Å². The average molecular weight is 410 g/mol. The molecule has 1 saturated heterocycles. The SMILES string of the molecule is COc1ccccc1OCC(=O)N(Cc1sccc1C)C1CCS(=O)(=O)C1. The van der Waals surface area contributed by atoms with Crippen molar-refractivity contribution in [3.63, 3.8) is 0 Å². The zero-order chi connectivity index (χ0) is 19.4. The van der Waals surface area contributed by atoms with Gasteiger partial charge in [0.15, 0.2) is 27.9 Å². The van der Waals surface area contributed by atoms with E-state index in [1.165, 1.54) is 0 Å². The van der Waals surface area contributed by atoms with Crippen molar-refractivity contribution in [2.45, 2.75) is 25.9 Å². The number of carbonyl (C=O) groups is 1. The first-order valence-electron chi connectivity index (χ1n) is 8.68. The minimum atomic E-state index is -3.09. The topological polar surface area (TPSA) is 72.9 Å². The summed E-state index contributed by atoms with van der Waals surface area (Å²) in [5.74, 6) is 0.945. The molecule has 1 aliphatic rings. The number of methoxy groups -OCH3 is 1. The van der Waals surface area contributed by atoms with Gasteiger partial charge in [0, 0.05) is 10.9 Å². The van der Waals surface area contributed by atoms with Gasteiger partial charge in [-0.25, -0.2) is 8.42 Å². The van der Waals surface area contributed by atoms with Gasteiger partial charge in [0.1, 0.15) is 0 Å². The highest BCUT2D eigenvalue weighted by Gasteiger charge is 2.35. The van der Waals surface area contributed by atoms with Crippen molar-refractivity contribution in [3.8, 4) is 11.5 Å². The van der Waals surface area contributed by atoms with E-state index < -0.39 is 9.84 Å². The van der Waals surface area contributed by atoms with E-state index in [0.717, 1.165) is 10.4 Å². The zero-order valence-corrected chi connectivity index (χ0v) is 17.0. The van der Waals surface area contributed by atoms with Gasteiger partial charge in [-0.1, -0.05) is 12.1 Å². The number of benzene rings is 1. The highest BCUT2D eigenvalue weighted by atomic mass is 32.2. The Morgan fingerprint density at radius 2 is 2.00 bits per heavy atom. The number of thiophene rings is 1. The second-order valence-electron chi connectivity index (χ2n) is 6.54. The van der Waals surface area contributed by atoms with Crippen molar-refractivity contribution >= 4 is 27.1 Å². The maximum Gasteiger partial charge on any atom is 0.261 e. The first-order valence-corrected chi connectivity index (χ1v) is 11.4. The molecule has 2 aromatic rings. The molecule has 0 bridgehead atoms. The van der Waals surface area contributed by atoms with Crippen LogP contribution in [0.15, 0.2) is 35.7 Å². The number of aryl methyl sites for hydroxylation is 1. The normalized spacial score (nSPS) is 18.2.